The van der Waals surface area contributed by atoms with Crippen LogP contribution in [0.5, 0.6) is 0 Å². The van der Waals surface area contributed by atoms with Gasteiger partial charge in [-0.25, -0.2) is 0 Å². The molecule has 2 N–H and O–H groups in total. The Hall–Kier alpha value is -2.53. The molecular formula is C17H16ClN3O2. The van der Waals surface area contributed by atoms with E-state index in [1.54, 1.807) is 19.2 Å². The van der Waals surface area contributed by atoms with E-state index in [0.717, 1.165) is 16.6 Å². The number of aromatic nitrogens is 1. The molecule has 0 aliphatic heterocycles. The fourth-order valence-electron chi connectivity index (χ4n) is 2.36. The number of amides is 1. The normalized spacial score (nSPS) is 10.7. The molecule has 3 rings (SSSR count). The zero-order valence-electron chi connectivity index (χ0n) is 12.6. The van der Waals surface area contributed by atoms with Crippen molar-refractivity contribution in [3.8, 4) is 0 Å². The lowest BCUT2D eigenvalue weighted by atomic mass is 10.2. The van der Waals surface area contributed by atoms with Crippen LogP contribution in [0.25, 0.3) is 10.9 Å². The second kappa shape index (κ2) is 6.71. The molecule has 0 atom stereocenters. The van der Waals surface area contributed by atoms with E-state index in [4.69, 9.17) is 16.0 Å². The van der Waals surface area contributed by atoms with E-state index in [1.807, 2.05) is 24.3 Å². The molecule has 0 aliphatic rings. The molecule has 5 nitrogen and oxygen atoms in total. The van der Waals surface area contributed by atoms with Gasteiger partial charge in [0.05, 0.1) is 17.3 Å². The summed E-state index contributed by atoms with van der Waals surface area (Å²) in [5, 5.41) is 7.81. The Morgan fingerprint density at radius 3 is 2.91 bits per heavy atom. The van der Waals surface area contributed by atoms with Crippen LogP contribution in [-0.4, -0.2) is 24.0 Å². The van der Waals surface area contributed by atoms with Crippen LogP contribution < -0.4 is 10.6 Å². The van der Waals surface area contributed by atoms with Gasteiger partial charge in [0.25, 0.3) is 5.91 Å². The average Bonchev–Trinajstić information content (AvgIpc) is 2.97. The molecule has 3 aromatic rings. The number of nitrogens with zero attached hydrogens (tertiary/aromatic N) is 1. The minimum atomic E-state index is -0.135. The molecule has 2 aromatic heterocycles. The predicted octanol–water partition coefficient (Wildman–Crippen LogP) is 3.63. The summed E-state index contributed by atoms with van der Waals surface area (Å²) >= 11 is 5.98. The lowest BCUT2D eigenvalue weighted by Crippen LogP contribution is -2.28. The summed E-state index contributed by atoms with van der Waals surface area (Å²) in [6.45, 7) is 2.87. The molecule has 0 bridgehead atoms. The van der Waals surface area contributed by atoms with Crippen LogP contribution in [0.3, 0.4) is 0 Å². The SMILES string of the molecule is Cc1occc1C(=O)NCCNc1ccnc2cc(Cl)ccc12. The minimum absolute atomic E-state index is 0.135. The third kappa shape index (κ3) is 3.46. The van der Waals surface area contributed by atoms with E-state index in [1.165, 1.54) is 6.26 Å². The molecular weight excluding hydrogens is 314 g/mol. The summed E-state index contributed by atoms with van der Waals surface area (Å²) in [7, 11) is 0. The van der Waals surface area contributed by atoms with Gasteiger partial charge in [0.1, 0.15) is 5.76 Å². The van der Waals surface area contributed by atoms with Crippen molar-refractivity contribution in [1.29, 1.82) is 0 Å². The van der Waals surface area contributed by atoms with Crippen molar-refractivity contribution in [3.05, 3.63) is 59.1 Å². The van der Waals surface area contributed by atoms with Crippen LogP contribution in [0.4, 0.5) is 5.69 Å². The van der Waals surface area contributed by atoms with Gasteiger partial charge in [-0.3, -0.25) is 9.78 Å². The van der Waals surface area contributed by atoms with Crippen molar-refractivity contribution in [1.82, 2.24) is 10.3 Å². The number of nitrogens with one attached hydrogen (secondary N) is 2. The highest BCUT2D eigenvalue weighted by molar-refractivity contribution is 6.31. The highest BCUT2D eigenvalue weighted by atomic mass is 35.5. The lowest BCUT2D eigenvalue weighted by molar-refractivity contribution is 0.0953. The minimum Gasteiger partial charge on any atom is -0.469 e. The lowest BCUT2D eigenvalue weighted by Gasteiger charge is -2.10. The summed E-state index contributed by atoms with van der Waals surface area (Å²) in [6.07, 6.45) is 3.24. The van der Waals surface area contributed by atoms with E-state index in [2.05, 4.69) is 15.6 Å². The third-order valence-electron chi connectivity index (χ3n) is 3.53. The molecule has 0 spiro atoms. The van der Waals surface area contributed by atoms with Gasteiger partial charge in [-0.05, 0) is 37.3 Å². The standard InChI is InChI=1S/C17H16ClN3O2/c1-11-13(5-9-23-11)17(22)21-8-7-20-15-4-6-19-16-10-12(18)2-3-14(15)16/h2-6,9-10H,7-8H2,1H3,(H,19,20)(H,21,22). The van der Waals surface area contributed by atoms with Gasteiger partial charge in [-0.15, -0.1) is 0 Å². The molecule has 118 valence electrons. The third-order valence-corrected chi connectivity index (χ3v) is 3.77. The molecule has 0 saturated heterocycles. The number of halogens is 1. The maximum Gasteiger partial charge on any atom is 0.254 e. The first kappa shape index (κ1) is 15.4. The molecule has 0 saturated carbocycles. The number of carbonyl (C=O) groups excluding carboxylic acids is 1. The Bertz CT molecular complexity index is 845. The Kier molecular flexibility index (Phi) is 4.48. The van der Waals surface area contributed by atoms with Gasteiger partial charge < -0.3 is 15.1 Å². The number of anilines is 1. The number of furan rings is 1. The Morgan fingerprint density at radius 2 is 2.13 bits per heavy atom. The zero-order chi connectivity index (χ0) is 16.2. The van der Waals surface area contributed by atoms with E-state index in [0.29, 0.717) is 29.4 Å². The van der Waals surface area contributed by atoms with E-state index < -0.39 is 0 Å². The number of carbonyl (C=O) groups is 1. The molecule has 0 aliphatic carbocycles. The number of hydrogen-bond acceptors (Lipinski definition) is 4. The van der Waals surface area contributed by atoms with Crippen LogP contribution in [0.1, 0.15) is 16.1 Å². The second-order valence-electron chi connectivity index (χ2n) is 5.09. The Balaban J connectivity index is 1.59. The second-order valence-corrected chi connectivity index (χ2v) is 5.53. The van der Waals surface area contributed by atoms with Gasteiger partial charge in [0.15, 0.2) is 0 Å². The van der Waals surface area contributed by atoms with Crippen molar-refractivity contribution in [2.45, 2.75) is 6.92 Å². The maximum atomic E-state index is 12.0. The summed E-state index contributed by atoms with van der Waals surface area (Å²) < 4.78 is 5.12. The quantitative estimate of drug-likeness (QED) is 0.701. The smallest absolute Gasteiger partial charge is 0.254 e. The fraction of sp³-hybridized carbons (Fsp3) is 0.176. The van der Waals surface area contributed by atoms with E-state index in [9.17, 15) is 4.79 Å². The van der Waals surface area contributed by atoms with Crippen LogP contribution in [-0.2, 0) is 0 Å². The highest BCUT2D eigenvalue weighted by Crippen LogP contribution is 2.24. The average molecular weight is 330 g/mol. The van der Waals surface area contributed by atoms with Crippen LogP contribution in [0, 0.1) is 6.92 Å². The number of pyridine rings is 1. The molecule has 0 unspecified atom stereocenters. The number of rotatable bonds is 5. The predicted molar refractivity (Wildman–Crippen MR) is 91.0 cm³/mol. The van der Waals surface area contributed by atoms with Crippen LogP contribution >= 0.6 is 11.6 Å². The summed E-state index contributed by atoms with van der Waals surface area (Å²) in [5.74, 6) is 0.483. The van der Waals surface area contributed by atoms with Crippen molar-refractivity contribution in [3.63, 3.8) is 0 Å². The van der Waals surface area contributed by atoms with Gasteiger partial charge >= 0.3 is 0 Å². The Morgan fingerprint density at radius 1 is 1.26 bits per heavy atom. The van der Waals surface area contributed by atoms with Crippen molar-refractivity contribution >= 4 is 34.1 Å². The number of aryl methyl sites for hydroxylation is 1. The molecule has 1 aromatic carbocycles. The largest absolute Gasteiger partial charge is 0.469 e. The Labute approximate surface area is 138 Å². The van der Waals surface area contributed by atoms with E-state index >= 15 is 0 Å². The summed E-state index contributed by atoms with van der Waals surface area (Å²) in [5.41, 5.74) is 2.36. The summed E-state index contributed by atoms with van der Waals surface area (Å²) in [4.78, 5) is 16.3. The van der Waals surface area contributed by atoms with Crippen molar-refractivity contribution < 1.29 is 9.21 Å². The molecule has 2 heterocycles. The van der Waals surface area contributed by atoms with Crippen molar-refractivity contribution in [2.24, 2.45) is 0 Å². The topological polar surface area (TPSA) is 67.2 Å². The maximum absolute atomic E-state index is 12.0. The molecule has 0 radical (unpaired) electrons. The molecule has 1 amide bonds. The number of benzene rings is 1. The highest BCUT2D eigenvalue weighted by Gasteiger charge is 2.10. The van der Waals surface area contributed by atoms with Crippen LogP contribution in [0.15, 0.2) is 47.2 Å². The molecule has 0 fully saturated rings. The number of fused-ring (bicyclic) bond motifs is 1. The zero-order valence-corrected chi connectivity index (χ0v) is 13.4. The van der Waals surface area contributed by atoms with Gasteiger partial charge in [-0.2, -0.15) is 0 Å². The first-order valence-electron chi connectivity index (χ1n) is 7.25. The fourth-order valence-corrected chi connectivity index (χ4v) is 2.53. The van der Waals surface area contributed by atoms with Gasteiger partial charge in [0.2, 0.25) is 0 Å². The monoisotopic (exact) mass is 329 g/mol. The van der Waals surface area contributed by atoms with E-state index in [-0.39, 0.29) is 5.91 Å². The van der Waals surface area contributed by atoms with Crippen LogP contribution in [0.2, 0.25) is 5.02 Å². The van der Waals surface area contributed by atoms with Gasteiger partial charge in [-0.1, -0.05) is 11.6 Å². The first-order chi connectivity index (χ1) is 11.1. The molecule has 23 heavy (non-hydrogen) atoms. The summed E-state index contributed by atoms with van der Waals surface area (Å²) in [6, 6.07) is 9.16. The van der Waals surface area contributed by atoms with Crippen molar-refractivity contribution in [2.75, 3.05) is 18.4 Å². The molecule has 6 heteroatoms. The van der Waals surface area contributed by atoms with Gasteiger partial charge in [0, 0.05) is 35.4 Å². The number of hydrogen-bond donors (Lipinski definition) is 2. The first-order valence-corrected chi connectivity index (χ1v) is 7.63.